The SMILES string of the molecule is c1cc(CN2CCCC2)nc(OC2CCCCC2)c1. The van der Waals surface area contributed by atoms with E-state index in [4.69, 9.17) is 4.74 Å². The Morgan fingerprint density at radius 3 is 2.63 bits per heavy atom. The van der Waals surface area contributed by atoms with Crippen molar-refractivity contribution < 1.29 is 4.74 Å². The Hall–Kier alpha value is -1.09. The van der Waals surface area contributed by atoms with Crippen LogP contribution in [0.25, 0.3) is 0 Å². The van der Waals surface area contributed by atoms with Gasteiger partial charge in [0, 0.05) is 12.6 Å². The van der Waals surface area contributed by atoms with Gasteiger partial charge in [-0.1, -0.05) is 12.5 Å². The number of pyridine rings is 1. The second-order valence-electron chi connectivity index (χ2n) is 5.83. The fourth-order valence-electron chi connectivity index (χ4n) is 3.13. The molecule has 3 rings (SSSR count). The number of hydrogen-bond acceptors (Lipinski definition) is 3. The van der Waals surface area contributed by atoms with Crippen molar-refractivity contribution in [1.29, 1.82) is 0 Å². The lowest BCUT2D eigenvalue weighted by Gasteiger charge is -2.22. The van der Waals surface area contributed by atoms with Crippen molar-refractivity contribution in [2.24, 2.45) is 0 Å². The molecule has 0 aromatic carbocycles. The monoisotopic (exact) mass is 260 g/mol. The second-order valence-corrected chi connectivity index (χ2v) is 5.83. The third-order valence-electron chi connectivity index (χ3n) is 4.21. The minimum atomic E-state index is 0.392. The van der Waals surface area contributed by atoms with E-state index >= 15 is 0 Å². The summed E-state index contributed by atoms with van der Waals surface area (Å²) in [5, 5.41) is 0. The summed E-state index contributed by atoms with van der Waals surface area (Å²) in [6.07, 6.45) is 9.41. The molecule has 1 saturated heterocycles. The van der Waals surface area contributed by atoms with E-state index in [0.717, 1.165) is 18.1 Å². The van der Waals surface area contributed by atoms with Crippen LogP contribution in [0.3, 0.4) is 0 Å². The largest absolute Gasteiger partial charge is 0.474 e. The van der Waals surface area contributed by atoms with Crippen molar-refractivity contribution in [2.45, 2.75) is 57.6 Å². The molecule has 2 fully saturated rings. The Morgan fingerprint density at radius 1 is 1.05 bits per heavy atom. The third-order valence-corrected chi connectivity index (χ3v) is 4.21. The van der Waals surface area contributed by atoms with Crippen LogP contribution in [-0.2, 0) is 6.54 Å². The van der Waals surface area contributed by atoms with Crippen LogP contribution in [0.1, 0.15) is 50.6 Å². The summed E-state index contributed by atoms with van der Waals surface area (Å²) in [5.74, 6) is 0.823. The van der Waals surface area contributed by atoms with Gasteiger partial charge in [0.25, 0.3) is 0 Å². The van der Waals surface area contributed by atoms with Crippen molar-refractivity contribution in [3.8, 4) is 5.88 Å². The molecule has 0 radical (unpaired) electrons. The van der Waals surface area contributed by atoms with Crippen LogP contribution in [0.4, 0.5) is 0 Å². The van der Waals surface area contributed by atoms with Crippen molar-refractivity contribution in [3.63, 3.8) is 0 Å². The van der Waals surface area contributed by atoms with Crippen LogP contribution in [0.5, 0.6) is 5.88 Å². The minimum absolute atomic E-state index is 0.392. The van der Waals surface area contributed by atoms with E-state index in [-0.39, 0.29) is 0 Å². The number of likely N-dealkylation sites (tertiary alicyclic amines) is 1. The molecule has 0 bridgehead atoms. The topological polar surface area (TPSA) is 25.4 Å². The van der Waals surface area contributed by atoms with Gasteiger partial charge in [-0.2, -0.15) is 0 Å². The molecule has 0 amide bonds. The maximum atomic E-state index is 6.03. The Kier molecular flexibility index (Phi) is 4.34. The molecule has 2 aliphatic rings. The highest BCUT2D eigenvalue weighted by Gasteiger charge is 2.16. The van der Waals surface area contributed by atoms with Gasteiger partial charge in [0.2, 0.25) is 5.88 Å². The summed E-state index contributed by atoms with van der Waals surface area (Å²) >= 11 is 0. The summed E-state index contributed by atoms with van der Waals surface area (Å²) in [5.41, 5.74) is 1.15. The molecule has 0 atom stereocenters. The number of ether oxygens (including phenoxy) is 1. The van der Waals surface area contributed by atoms with Gasteiger partial charge in [0.1, 0.15) is 6.10 Å². The summed E-state index contributed by atoms with van der Waals surface area (Å²) in [7, 11) is 0. The van der Waals surface area contributed by atoms with Crippen molar-refractivity contribution >= 4 is 0 Å². The zero-order chi connectivity index (χ0) is 12.9. The van der Waals surface area contributed by atoms with Gasteiger partial charge in [-0.3, -0.25) is 4.90 Å². The average molecular weight is 260 g/mol. The van der Waals surface area contributed by atoms with Gasteiger partial charge < -0.3 is 4.74 Å². The van der Waals surface area contributed by atoms with Crippen molar-refractivity contribution in [3.05, 3.63) is 23.9 Å². The van der Waals surface area contributed by atoms with Crippen LogP contribution in [-0.4, -0.2) is 29.1 Å². The van der Waals surface area contributed by atoms with E-state index in [0.29, 0.717) is 6.10 Å². The molecule has 3 nitrogen and oxygen atoms in total. The van der Waals surface area contributed by atoms with E-state index in [1.807, 2.05) is 6.07 Å². The molecule has 2 heterocycles. The number of aromatic nitrogens is 1. The maximum absolute atomic E-state index is 6.03. The van der Waals surface area contributed by atoms with Gasteiger partial charge >= 0.3 is 0 Å². The van der Waals surface area contributed by atoms with Crippen molar-refractivity contribution in [2.75, 3.05) is 13.1 Å². The number of nitrogens with zero attached hydrogens (tertiary/aromatic N) is 2. The zero-order valence-electron chi connectivity index (χ0n) is 11.7. The molecule has 1 aromatic rings. The first-order valence-electron chi connectivity index (χ1n) is 7.75. The normalized spacial score (nSPS) is 21.7. The summed E-state index contributed by atoms with van der Waals surface area (Å²) in [6.45, 7) is 3.41. The lowest BCUT2D eigenvalue weighted by molar-refractivity contribution is 0.148. The van der Waals surface area contributed by atoms with Gasteiger partial charge in [-0.15, -0.1) is 0 Å². The average Bonchev–Trinajstić information content (AvgIpc) is 2.93. The predicted octanol–water partition coefficient (Wildman–Crippen LogP) is 3.39. The van der Waals surface area contributed by atoms with Gasteiger partial charge in [-0.25, -0.2) is 4.98 Å². The fourth-order valence-corrected chi connectivity index (χ4v) is 3.13. The van der Waals surface area contributed by atoms with Crippen LogP contribution in [0, 0.1) is 0 Å². The summed E-state index contributed by atoms with van der Waals surface area (Å²) in [6, 6.07) is 6.20. The van der Waals surface area contributed by atoms with E-state index < -0.39 is 0 Å². The maximum Gasteiger partial charge on any atom is 0.213 e. The summed E-state index contributed by atoms with van der Waals surface area (Å²) in [4.78, 5) is 7.15. The molecule has 1 saturated carbocycles. The molecule has 0 spiro atoms. The van der Waals surface area contributed by atoms with Crippen LogP contribution in [0.2, 0.25) is 0 Å². The van der Waals surface area contributed by atoms with Crippen molar-refractivity contribution in [1.82, 2.24) is 9.88 Å². The van der Waals surface area contributed by atoms with Gasteiger partial charge in [0.15, 0.2) is 0 Å². The zero-order valence-corrected chi connectivity index (χ0v) is 11.7. The molecule has 1 aliphatic heterocycles. The first kappa shape index (κ1) is 12.9. The Balaban J connectivity index is 1.58. The Labute approximate surface area is 116 Å². The van der Waals surface area contributed by atoms with Gasteiger partial charge in [-0.05, 0) is 57.7 Å². The van der Waals surface area contributed by atoms with E-state index in [9.17, 15) is 0 Å². The number of rotatable bonds is 4. The highest BCUT2D eigenvalue weighted by atomic mass is 16.5. The minimum Gasteiger partial charge on any atom is -0.474 e. The van der Waals surface area contributed by atoms with Crippen LogP contribution in [0.15, 0.2) is 18.2 Å². The molecule has 1 aliphatic carbocycles. The molecular weight excluding hydrogens is 236 g/mol. The first-order chi connectivity index (χ1) is 9.40. The Morgan fingerprint density at radius 2 is 1.84 bits per heavy atom. The lowest BCUT2D eigenvalue weighted by Crippen LogP contribution is -2.21. The smallest absolute Gasteiger partial charge is 0.213 e. The molecule has 1 aromatic heterocycles. The lowest BCUT2D eigenvalue weighted by atomic mass is 9.98. The second kappa shape index (κ2) is 6.38. The first-order valence-corrected chi connectivity index (χ1v) is 7.75. The predicted molar refractivity (Wildman–Crippen MR) is 76.2 cm³/mol. The van der Waals surface area contributed by atoms with Crippen LogP contribution < -0.4 is 4.74 Å². The fraction of sp³-hybridized carbons (Fsp3) is 0.688. The molecular formula is C16H24N2O. The number of hydrogen-bond donors (Lipinski definition) is 0. The third kappa shape index (κ3) is 3.69. The Bertz CT molecular complexity index is 395. The highest BCUT2D eigenvalue weighted by Crippen LogP contribution is 2.22. The molecule has 3 heteroatoms. The molecule has 104 valence electrons. The molecule has 0 unspecified atom stereocenters. The van der Waals surface area contributed by atoms with Crippen LogP contribution >= 0.6 is 0 Å². The molecule has 19 heavy (non-hydrogen) atoms. The van der Waals surface area contributed by atoms with E-state index in [1.54, 1.807) is 0 Å². The molecule has 0 N–H and O–H groups in total. The summed E-state index contributed by atoms with van der Waals surface area (Å²) < 4.78 is 6.03. The highest BCUT2D eigenvalue weighted by molar-refractivity contribution is 5.16. The van der Waals surface area contributed by atoms with Gasteiger partial charge in [0.05, 0.1) is 5.69 Å². The standard InChI is InChI=1S/C16H24N2O/c1-2-8-15(9-3-1)19-16-10-6-7-14(17-16)13-18-11-4-5-12-18/h6-7,10,15H,1-5,8-9,11-13H2. The van der Waals surface area contributed by atoms with E-state index in [1.165, 1.54) is 58.0 Å². The van der Waals surface area contributed by atoms with E-state index in [2.05, 4.69) is 22.0 Å². The quantitative estimate of drug-likeness (QED) is 0.829.